The molecule has 0 aliphatic rings. The Labute approximate surface area is 144 Å². The molecule has 0 radical (unpaired) electrons. The molecule has 0 fully saturated rings. The van der Waals surface area contributed by atoms with E-state index in [2.05, 4.69) is 0 Å². The molecule has 0 amide bonds. The Morgan fingerprint density at radius 3 is 0.909 bits per heavy atom. The van der Waals surface area contributed by atoms with Gasteiger partial charge in [-0.25, -0.2) is 0 Å². The molecular weight excluding hydrogens is 432 g/mol. The largest absolute Gasteiger partial charge is 2.00 e. The predicted octanol–water partition coefficient (Wildman–Crippen LogP) is -11.7. The SMILES string of the molecule is CCOCC.[Br-].[Br-].[Br-].[Br-].[Mg+2].[Mg+2]. The molecule has 64 valence electrons. The summed E-state index contributed by atoms with van der Waals surface area (Å²) in [7, 11) is 0. The number of ether oxygens (including phenoxy) is 1. The average molecular weight is 442 g/mol. The fourth-order valence-electron chi connectivity index (χ4n) is 0.204. The first-order valence-corrected chi connectivity index (χ1v) is 1.99. The van der Waals surface area contributed by atoms with E-state index in [1.165, 1.54) is 0 Å². The van der Waals surface area contributed by atoms with Crippen molar-refractivity contribution in [3.05, 3.63) is 0 Å². The Bertz CT molecular complexity index is 27.6. The van der Waals surface area contributed by atoms with Gasteiger partial charge in [0, 0.05) is 13.2 Å². The van der Waals surface area contributed by atoms with Gasteiger partial charge in [-0.05, 0) is 13.8 Å². The molecule has 0 aliphatic heterocycles. The first-order chi connectivity index (χ1) is 2.41. The van der Waals surface area contributed by atoms with Gasteiger partial charge in [0.2, 0.25) is 0 Å². The quantitative estimate of drug-likeness (QED) is 0.386. The van der Waals surface area contributed by atoms with Crippen LogP contribution in [0, 0.1) is 0 Å². The van der Waals surface area contributed by atoms with Crippen LogP contribution >= 0.6 is 0 Å². The second-order valence-electron chi connectivity index (χ2n) is 0.781. The van der Waals surface area contributed by atoms with E-state index >= 15 is 0 Å². The van der Waals surface area contributed by atoms with Gasteiger partial charge in [-0.3, -0.25) is 0 Å². The third kappa shape index (κ3) is 59.6. The van der Waals surface area contributed by atoms with Crippen LogP contribution in [-0.4, -0.2) is 59.3 Å². The topological polar surface area (TPSA) is 9.23 Å². The average Bonchev–Trinajstić information content (AvgIpc) is 1.41. The van der Waals surface area contributed by atoms with Crippen LogP contribution in [0.5, 0.6) is 0 Å². The van der Waals surface area contributed by atoms with Crippen molar-refractivity contribution in [3.8, 4) is 0 Å². The molecule has 0 heterocycles. The molecular formula is C4H10Br4Mg2O. The fraction of sp³-hybridized carbons (Fsp3) is 1.00. The standard InChI is InChI=1S/C4H10O.4BrH.2Mg/c1-3-5-4-2;;;;;;/h3-4H2,1-2H3;4*1H;;/q;;;;;2*+2/p-4. The summed E-state index contributed by atoms with van der Waals surface area (Å²) >= 11 is 0. The van der Waals surface area contributed by atoms with Gasteiger partial charge in [0.1, 0.15) is 0 Å². The number of hydrogen-bond donors (Lipinski definition) is 0. The molecule has 0 bridgehead atoms. The summed E-state index contributed by atoms with van der Waals surface area (Å²) in [6, 6.07) is 0. The fourth-order valence-corrected chi connectivity index (χ4v) is 0.204. The Morgan fingerprint density at radius 1 is 0.727 bits per heavy atom. The van der Waals surface area contributed by atoms with Gasteiger partial charge in [0.25, 0.3) is 0 Å². The minimum atomic E-state index is 0. The molecule has 0 N–H and O–H groups in total. The number of halogens is 4. The van der Waals surface area contributed by atoms with Crippen LogP contribution in [0.15, 0.2) is 0 Å². The summed E-state index contributed by atoms with van der Waals surface area (Å²) in [5.41, 5.74) is 0. The third-order valence-corrected chi connectivity index (χ3v) is 0.408. The number of hydrogen-bond acceptors (Lipinski definition) is 1. The van der Waals surface area contributed by atoms with Gasteiger partial charge in [0.15, 0.2) is 0 Å². The van der Waals surface area contributed by atoms with Crippen molar-refractivity contribution >= 4 is 46.1 Å². The smallest absolute Gasteiger partial charge is 1.00 e. The van der Waals surface area contributed by atoms with Gasteiger partial charge < -0.3 is 72.7 Å². The van der Waals surface area contributed by atoms with Crippen LogP contribution in [0.4, 0.5) is 0 Å². The van der Waals surface area contributed by atoms with Crippen molar-refractivity contribution in [1.29, 1.82) is 0 Å². The van der Waals surface area contributed by atoms with Gasteiger partial charge in [-0.15, -0.1) is 0 Å². The normalized spacial score (nSPS) is 3.82. The minimum Gasteiger partial charge on any atom is -1.00 e. The van der Waals surface area contributed by atoms with Crippen LogP contribution in [0.3, 0.4) is 0 Å². The van der Waals surface area contributed by atoms with E-state index in [1.54, 1.807) is 0 Å². The number of rotatable bonds is 2. The van der Waals surface area contributed by atoms with Crippen LogP contribution in [0.1, 0.15) is 13.8 Å². The second-order valence-corrected chi connectivity index (χ2v) is 0.781. The van der Waals surface area contributed by atoms with E-state index in [-0.39, 0.29) is 114 Å². The van der Waals surface area contributed by atoms with Gasteiger partial charge in [-0.2, -0.15) is 0 Å². The molecule has 7 heteroatoms. The van der Waals surface area contributed by atoms with Crippen LogP contribution < -0.4 is 67.9 Å². The van der Waals surface area contributed by atoms with Crippen molar-refractivity contribution in [2.75, 3.05) is 13.2 Å². The van der Waals surface area contributed by atoms with Crippen LogP contribution in [-0.2, 0) is 4.74 Å². The zero-order chi connectivity index (χ0) is 4.12. The minimum absolute atomic E-state index is 0. The summed E-state index contributed by atoms with van der Waals surface area (Å²) in [5, 5.41) is 0. The summed E-state index contributed by atoms with van der Waals surface area (Å²) in [4.78, 5) is 0. The van der Waals surface area contributed by atoms with E-state index in [4.69, 9.17) is 4.74 Å². The summed E-state index contributed by atoms with van der Waals surface area (Å²) in [6.45, 7) is 5.67. The molecule has 0 aromatic rings. The Morgan fingerprint density at radius 2 is 0.909 bits per heavy atom. The summed E-state index contributed by atoms with van der Waals surface area (Å²) in [6.07, 6.45) is 0. The van der Waals surface area contributed by atoms with Crippen molar-refractivity contribution < 1.29 is 72.7 Å². The van der Waals surface area contributed by atoms with E-state index in [0.29, 0.717) is 0 Å². The zero-order valence-corrected chi connectivity index (χ0v) is 15.9. The molecule has 0 unspecified atom stereocenters. The molecule has 0 atom stereocenters. The van der Waals surface area contributed by atoms with Gasteiger partial charge >= 0.3 is 46.1 Å². The Hall–Kier alpha value is 3.41. The summed E-state index contributed by atoms with van der Waals surface area (Å²) < 4.78 is 4.83. The maximum absolute atomic E-state index is 4.83. The maximum Gasteiger partial charge on any atom is 2.00 e. The third-order valence-electron chi connectivity index (χ3n) is 0.408. The van der Waals surface area contributed by atoms with E-state index < -0.39 is 0 Å². The van der Waals surface area contributed by atoms with Gasteiger partial charge in [0.05, 0.1) is 0 Å². The van der Waals surface area contributed by atoms with E-state index in [0.717, 1.165) is 13.2 Å². The molecule has 0 aromatic heterocycles. The second kappa shape index (κ2) is 50.3. The molecule has 0 rings (SSSR count). The molecule has 0 aliphatic carbocycles. The molecule has 11 heavy (non-hydrogen) atoms. The molecule has 0 spiro atoms. The van der Waals surface area contributed by atoms with Crippen LogP contribution in [0.25, 0.3) is 0 Å². The Balaban J connectivity index is -0.00000000533. The van der Waals surface area contributed by atoms with Crippen molar-refractivity contribution in [2.45, 2.75) is 13.8 Å². The molecule has 0 saturated heterocycles. The molecule has 1 nitrogen and oxygen atoms in total. The maximum atomic E-state index is 4.83. The van der Waals surface area contributed by atoms with E-state index in [1.807, 2.05) is 13.8 Å². The van der Waals surface area contributed by atoms with Crippen molar-refractivity contribution in [2.24, 2.45) is 0 Å². The first kappa shape index (κ1) is 47.2. The monoisotopic (exact) mass is 438 g/mol. The Kier molecular flexibility index (Phi) is 216. The first-order valence-electron chi connectivity index (χ1n) is 1.99. The summed E-state index contributed by atoms with van der Waals surface area (Å²) in [5.74, 6) is 0. The van der Waals surface area contributed by atoms with Crippen molar-refractivity contribution in [3.63, 3.8) is 0 Å². The predicted molar refractivity (Wildman–Crippen MR) is 33.7 cm³/mol. The van der Waals surface area contributed by atoms with Crippen LogP contribution in [0.2, 0.25) is 0 Å². The van der Waals surface area contributed by atoms with Gasteiger partial charge in [-0.1, -0.05) is 0 Å². The van der Waals surface area contributed by atoms with E-state index in [9.17, 15) is 0 Å². The van der Waals surface area contributed by atoms with Crippen molar-refractivity contribution in [1.82, 2.24) is 0 Å². The zero-order valence-electron chi connectivity index (χ0n) is 6.75. The molecule has 0 saturated carbocycles. The molecule has 0 aromatic carbocycles.